The van der Waals surface area contributed by atoms with E-state index in [0.29, 0.717) is 5.92 Å². The number of benzene rings is 5. The topological polar surface area (TPSA) is 0 Å². The molecule has 0 saturated heterocycles. The Labute approximate surface area is 273 Å². The minimum Gasteiger partial charge on any atom is -0.0683 e. The van der Waals surface area contributed by atoms with E-state index in [0.717, 1.165) is 19.3 Å². The molecule has 1 atom stereocenters. The van der Waals surface area contributed by atoms with Crippen LogP contribution < -0.4 is 0 Å². The normalized spacial score (nSPS) is 13.8. The summed E-state index contributed by atoms with van der Waals surface area (Å²) in [6.07, 6.45) is 7.79. The Hall–Kier alpha value is -4.42. The summed E-state index contributed by atoms with van der Waals surface area (Å²) in [4.78, 5) is 0. The van der Waals surface area contributed by atoms with Gasteiger partial charge in [0.1, 0.15) is 0 Å². The Morgan fingerprint density at radius 1 is 0.533 bits per heavy atom. The van der Waals surface area contributed by atoms with Gasteiger partial charge in [0.25, 0.3) is 0 Å². The summed E-state index contributed by atoms with van der Waals surface area (Å²) in [7, 11) is 0. The molecule has 0 N–H and O–H groups in total. The SMILES string of the molecule is CC.CC.CCc1cc(-c2ccc(CC3CC(c4ccc(C)cc4)=CC=C3c3ccc(C)cc3)cc2)ccc1-c1ccccc1. The molecule has 1 unspecified atom stereocenters. The number of rotatable bonds is 7. The molecule has 0 nitrogen and oxygen atoms in total. The molecule has 0 amide bonds. The van der Waals surface area contributed by atoms with Crippen molar-refractivity contribution in [1.29, 1.82) is 0 Å². The van der Waals surface area contributed by atoms with E-state index in [-0.39, 0.29) is 0 Å². The Morgan fingerprint density at radius 2 is 1.09 bits per heavy atom. The second-order valence-electron chi connectivity index (χ2n) is 11.4. The Bertz CT molecular complexity index is 1680. The first-order valence-electron chi connectivity index (χ1n) is 16.9. The molecular formula is C45H50. The van der Waals surface area contributed by atoms with Crippen LogP contribution in [0.1, 0.15) is 74.4 Å². The molecule has 0 aliphatic heterocycles. The highest BCUT2D eigenvalue weighted by Gasteiger charge is 2.22. The average molecular weight is 591 g/mol. The molecule has 1 aliphatic rings. The molecule has 5 aromatic rings. The lowest BCUT2D eigenvalue weighted by atomic mass is 9.78. The summed E-state index contributed by atoms with van der Waals surface area (Å²) >= 11 is 0. The maximum absolute atomic E-state index is 2.37. The van der Waals surface area contributed by atoms with Gasteiger partial charge in [-0.25, -0.2) is 0 Å². The van der Waals surface area contributed by atoms with Crippen LogP contribution in [0.2, 0.25) is 0 Å². The predicted octanol–water partition coefficient (Wildman–Crippen LogP) is 13.0. The lowest BCUT2D eigenvalue weighted by molar-refractivity contribution is 0.682. The third-order valence-electron chi connectivity index (χ3n) is 8.52. The lowest BCUT2D eigenvalue weighted by Crippen LogP contribution is -2.11. The van der Waals surface area contributed by atoms with E-state index in [4.69, 9.17) is 0 Å². The maximum Gasteiger partial charge on any atom is -0.00749 e. The molecule has 0 fully saturated rings. The third kappa shape index (κ3) is 8.40. The molecule has 5 aromatic carbocycles. The molecule has 0 saturated carbocycles. The zero-order valence-electron chi connectivity index (χ0n) is 28.4. The summed E-state index contributed by atoms with van der Waals surface area (Å²) in [5.41, 5.74) is 16.1. The third-order valence-corrected chi connectivity index (χ3v) is 8.52. The van der Waals surface area contributed by atoms with E-state index in [1.165, 1.54) is 66.8 Å². The molecule has 0 aromatic heterocycles. The molecule has 45 heavy (non-hydrogen) atoms. The van der Waals surface area contributed by atoms with Crippen molar-refractivity contribution >= 4 is 11.1 Å². The van der Waals surface area contributed by atoms with Crippen molar-refractivity contribution in [2.24, 2.45) is 5.92 Å². The van der Waals surface area contributed by atoms with Crippen molar-refractivity contribution in [3.8, 4) is 22.3 Å². The van der Waals surface area contributed by atoms with Crippen LogP contribution in [0.25, 0.3) is 33.4 Å². The van der Waals surface area contributed by atoms with Crippen molar-refractivity contribution < 1.29 is 0 Å². The fourth-order valence-corrected chi connectivity index (χ4v) is 6.09. The number of allylic oxidation sites excluding steroid dienone is 4. The van der Waals surface area contributed by atoms with E-state index >= 15 is 0 Å². The van der Waals surface area contributed by atoms with Gasteiger partial charge in [0.2, 0.25) is 0 Å². The van der Waals surface area contributed by atoms with E-state index in [1.807, 2.05) is 27.7 Å². The van der Waals surface area contributed by atoms with Crippen LogP contribution in [-0.4, -0.2) is 0 Å². The minimum atomic E-state index is 0.432. The molecule has 0 bridgehead atoms. The maximum atomic E-state index is 2.37. The largest absolute Gasteiger partial charge is 0.0683 e. The molecule has 0 heterocycles. The first-order valence-corrected chi connectivity index (χ1v) is 16.9. The summed E-state index contributed by atoms with van der Waals surface area (Å²) in [6, 6.07) is 44.9. The fourth-order valence-electron chi connectivity index (χ4n) is 6.09. The zero-order valence-corrected chi connectivity index (χ0v) is 28.4. The molecule has 230 valence electrons. The monoisotopic (exact) mass is 590 g/mol. The van der Waals surface area contributed by atoms with Gasteiger partial charge in [0.05, 0.1) is 0 Å². The summed E-state index contributed by atoms with van der Waals surface area (Å²) in [6.45, 7) is 14.6. The molecule has 0 heteroatoms. The Morgan fingerprint density at radius 3 is 1.69 bits per heavy atom. The molecule has 1 aliphatic carbocycles. The Kier molecular flexibility index (Phi) is 12.3. The number of aryl methyl sites for hydroxylation is 3. The van der Waals surface area contributed by atoms with Crippen molar-refractivity contribution in [1.82, 2.24) is 0 Å². The van der Waals surface area contributed by atoms with Gasteiger partial charge in [-0.2, -0.15) is 0 Å². The van der Waals surface area contributed by atoms with Crippen molar-refractivity contribution in [3.63, 3.8) is 0 Å². The highest BCUT2D eigenvalue weighted by molar-refractivity contribution is 5.80. The molecule has 6 rings (SSSR count). The van der Waals surface area contributed by atoms with E-state index in [2.05, 4.69) is 154 Å². The van der Waals surface area contributed by atoms with E-state index in [9.17, 15) is 0 Å². The van der Waals surface area contributed by atoms with Gasteiger partial charge in [-0.15, -0.1) is 0 Å². The lowest BCUT2D eigenvalue weighted by Gasteiger charge is -2.26. The summed E-state index contributed by atoms with van der Waals surface area (Å²) in [5, 5.41) is 0. The highest BCUT2D eigenvalue weighted by Crippen LogP contribution is 2.39. The zero-order chi connectivity index (χ0) is 32.2. The van der Waals surface area contributed by atoms with Gasteiger partial charge in [-0.1, -0.05) is 179 Å². The molecular weight excluding hydrogens is 540 g/mol. The smallest absolute Gasteiger partial charge is 0.00749 e. The molecule has 0 spiro atoms. The summed E-state index contributed by atoms with van der Waals surface area (Å²) in [5.74, 6) is 0.432. The fraction of sp³-hybridized carbons (Fsp3) is 0.244. The van der Waals surface area contributed by atoms with Crippen LogP contribution in [0, 0.1) is 19.8 Å². The molecule has 0 radical (unpaired) electrons. The predicted molar refractivity (Wildman–Crippen MR) is 200 cm³/mol. The van der Waals surface area contributed by atoms with Crippen molar-refractivity contribution in [2.75, 3.05) is 0 Å². The second-order valence-corrected chi connectivity index (χ2v) is 11.4. The van der Waals surface area contributed by atoms with E-state index in [1.54, 1.807) is 0 Å². The highest BCUT2D eigenvalue weighted by atomic mass is 14.3. The van der Waals surface area contributed by atoms with Crippen LogP contribution >= 0.6 is 0 Å². The van der Waals surface area contributed by atoms with Crippen LogP contribution in [0.5, 0.6) is 0 Å². The van der Waals surface area contributed by atoms with Crippen LogP contribution in [0.3, 0.4) is 0 Å². The number of hydrogen-bond donors (Lipinski definition) is 0. The quantitative estimate of drug-likeness (QED) is 0.177. The van der Waals surface area contributed by atoms with Crippen molar-refractivity contribution in [2.45, 2.75) is 67.7 Å². The first kappa shape index (κ1) is 33.5. The minimum absolute atomic E-state index is 0.432. The summed E-state index contributed by atoms with van der Waals surface area (Å²) < 4.78 is 0. The van der Waals surface area contributed by atoms with Crippen LogP contribution in [0.4, 0.5) is 0 Å². The van der Waals surface area contributed by atoms with Gasteiger partial charge < -0.3 is 0 Å². The van der Waals surface area contributed by atoms with Crippen molar-refractivity contribution in [3.05, 3.63) is 167 Å². The van der Waals surface area contributed by atoms with Gasteiger partial charge in [0, 0.05) is 0 Å². The Balaban J connectivity index is 0.00000111. The van der Waals surface area contributed by atoms with Gasteiger partial charge in [0.15, 0.2) is 0 Å². The average Bonchev–Trinajstić information content (AvgIpc) is 3.11. The van der Waals surface area contributed by atoms with Gasteiger partial charge in [-0.05, 0) is 94.7 Å². The van der Waals surface area contributed by atoms with Gasteiger partial charge in [-0.3, -0.25) is 0 Å². The number of hydrogen-bond acceptors (Lipinski definition) is 0. The van der Waals surface area contributed by atoms with Crippen LogP contribution in [0.15, 0.2) is 133 Å². The van der Waals surface area contributed by atoms with Gasteiger partial charge >= 0.3 is 0 Å². The van der Waals surface area contributed by atoms with Crippen LogP contribution in [-0.2, 0) is 12.8 Å². The first-order chi connectivity index (χ1) is 22.1. The second kappa shape index (κ2) is 16.6. The van der Waals surface area contributed by atoms with E-state index < -0.39 is 0 Å². The standard InChI is InChI=1S/C41H38.2C2H6/c1-4-32-27-37(22-24-40(32)35-8-6-5-7-9-35)34-20-14-31(15-21-34)26-39-28-38(33-16-10-29(2)11-17-33)23-25-41(39)36-18-12-30(3)13-19-36;2*1-2/h5-25,27,39H,4,26,28H2,1-3H3;2*1-2H3.